The van der Waals surface area contributed by atoms with Gasteiger partial charge in [0.1, 0.15) is 0 Å². The predicted octanol–water partition coefficient (Wildman–Crippen LogP) is 3.83. The lowest BCUT2D eigenvalue weighted by Crippen LogP contribution is -2.11. The van der Waals surface area contributed by atoms with E-state index in [2.05, 4.69) is 11.1 Å². The van der Waals surface area contributed by atoms with E-state index in [9.17, 15) is 4.79 Å². The quantitative estimate of drug-likeness (QED) is 0.707. The molecule has 0 aliphatic heterocycles. The Balaban J connectivity index is 1.96. The number of hydrogen-bond acceptors (Lipinski definition) is 1. The number of ketones is 1. The number of benzene rings is 2. The first-order valence-corrected chi connectivity index (χ1v) is 6.73. The molecule has 2 nitrogen and oxygen atoms in total. The van der Waals surface area contributed by atoms with Crippen LogP contribution in [0.15, 0.2) is 54.6 Å². The monoisotopic (exact) mass is 259 g/mol. The zero-order valence-electron chi connectivity index (χ0n) is 10.9. The molecule has 0 fully saturated rings. The third kappa shape index (κ3) is 1.62. The lowest BCUT2D eigenvalue weighted by atomic mass is 9.90. The molecule has 0 radical (unpaired) electrons. The van der Waals surface area contributed by atoms with Crippen molar-refractivity contribution in [1.29, 1.82) is 0 Å². The van der Waals surface area contributed by atoms with Crippen LogP contribution in [0.5, 0.6) is 0 Å². The SMILES string of the molecule is O=C1Cc2[nH]c3ccccc3c2C=C1c1ccccc1. The molecule has 0 bridgehead atoms. The number of aromatic amines is 1. The standard InChI is InChI=1S/C18H13NO/c20-18-11-17-15(13-8-4-5-9-16(13)19-17)10-14(18)12-6-2-1-3-7-12/h1-10,19H,11H2. The van der Waals surface area contributed by atoms with E-state index in [0.29, 0.717) is 6.42 Å². The number of hydrogen-bond donors (Lipinski definition) is 1. The Morgan fingerprint density at radius 3 is 2.50 bits per heavy atom. The first-order valence-electron chi connectivity index (χ1n) is 6.73. The molecule has 1 aliphatic carbocycles. The minimum absolute atomic E-state index is 0.176. The van der Waals surface area contributed by atoms with E-state index in [0.717, 1.165) is 27.9 Å². The third-order valence-corrected chi connectivity index (χ3v) is 3.84. The second-order valence-corrected chi connectivity index (χ2v) is 5.09. The molecular weight excluding hydrogens is 246 g/mol. The van der Waals surface area contributed by atoms with E-state index in [1.165, 1.54) is 5.39 Å². The summed E-state index contributed by atoms with van der Waals surface area (Å²) in [6.45, 7) is 0. The molecule has 3 aromatic rings. The van der Waals surface area contributed by atoms with E-state index in [-0.39, 0.29) is 5.78 Å². The largest absolute Gasteiger partial charge is 0.358 e. The number of nitrogens with one attached hydrogen (secondary N) is 1. The Kier molecular flexibility index (Phi) is 2.36. The molecule has 1 aliphatic rings. The Morgan fingerprint density at radius 1 is 0.900 bits per heavy atom. The van der Waals surface area contributed by atoms with Gasteiger partial charge in [0.15, 0.2) is 5.78 Å². The van der Waals surface area contributed by atoms with Gasteiger partial charge in [0.25, 0.3) is 0 Å². The number of Topliss-reactive ketones (excluding diaryl/α,β-unsaturated/α-hetero) is 1. The van der Waals surface area contributed by atoms with Gasteiger partial charge in [-0.3, -0.25) is 4.79 Å². The second kappa shape index (κ2) is 4.20. The van der Waals surface area contributed by atoms with Gasteiger partial charge in [-0.15, -0.1) is 0 Å². The fourth-order valence-electron chi connectivity index (χ4n) is 2.87. The van der Waals surface area contributed by atoms with Gasteiger partial charge < -0.3 is 4.98 Å². The highest BCUT2D eigenvalue weighted by Gasteiger charge is 2.22. The summed E-state index contributed by atoms with van der Waals surface area (Å²) in [7, 11) is 0. The van der Waals surface area contributed by atoms with Crippen molar-refractivity contribution < 1.29 is 4.79 Å². The van der Waals surface area contributed by atoms with E-state index >= 15 is 0 Å². The van der Waals surface area contributed by atoms with Crippen molar-refractivity contribution in [3.05, 3.63) is 71.4 Å². The fraction of sp³-hybridized carbons (Fsp3) is 0.0556. The Hall–Kier alpha value is -2.61. The number of carbonyl (C=O) groups is 1. The molecule has 20 heavy (non-hydrogen) atoms. The van der Waals surface area contributed by atoms with Crippen molar-refractivity contribution in [3.8, 4) is 0 Å². The molecule has 0 spiro atoms. The molecule has 0 unspecified atom stereocenters. The van der Waals surface area contributed by atoms with Crippen LogP contribution in [0.3, 0.4) is 0 Å². The topological polar surface area (TPSA) is 32.9 Å². The van der Waals surface area contributed by atoms with Gasteiger partial charge in [0, 0.05) is 27.7 Å². The second-order valence-electron chi connectivity index (χ2n) is 5.09. The third-order valence-electron chi connectivity index (χ3n) is 3.84. The van der Waals surface area contributed by atoms with Crippen LogP contribution >= 0.6 is 0 Å². The zero-order chi connectivity index (χ0) is 13.5. The zero-order valence-corrected chi connectivity index (χ0v) is 10.9. The van der Waals surface area contributed by atoms with Crippen molar-refractivity contribution >= 4 is 28.3 Å². The van der Waals surface area contributed by atoms with Gasteiger partial charge in [0.05, 0.1) is 6.42 Å². The van der Waals surface area contributed by atoms with E-state index in [1.54, 1.807) is 0 Å². The minimum atomic E-state index is 0.176. The molecule has 2 aromatic carbocycles. The maximum Gasteiger partial charge on any atom is 0.169 e. The highest BCUT2D eigenvalue weighted by atomic mass is 16.1. The van der Waals surface area contributed by atoms with Gasteiger partial charge in [0.2, 0.25) is 0 Å². The molecule has 1 N–H and O–H groups in total. The molecule has 96 valence electrons. The van der Waals surface area contributed by atoms with Gasteiger partial charge in [-0.1, -0.05) is 48.5 Å². The van der Waals surface area contributed by atoms with Crippen molar-refractivity contribution in [2.24, 2.45) is 0 Å². The summed E-state index contributed by atoms with van der Waals surface area (Å²) in [4.78, 5) is 15.7. The maximum atomic E-state index is 12.3. The summed E-state index contributed by atoms with van der Waals surface area (Å²) in [5.74, 6) is 0.176. The first-order chi connectivity index (χ1) is 9.83. The van der Waals surface area contributed by atoms with E-state index in [1.807, 2.05) is 54.6 Å². The average molecular weight is 259 g/mol. The summed E-state index contributed by atoms with van der Waals surface area (Å²) in [6, 6.07) is 18.1. The summed E-state index contributed by atoms with van der Waals surface area (Å²) in [5, 5.41) is 1.18. The molecule has 0 atom stereocenters. The first kappa shape index (κ1) is 11.2. The molecule has 2 heteroatoms. The van der Waals surface area contributed by atoms with Crippen LogP contribution in [0.2, 0.25) is 0 Å². The summed E-state index contributed by atoms with van der Waals surface area (Å²) in [6.07, 6.45) is 2.47. The number of allylic oxidation sites excluding steroid dienone is 1. The van der Waals surface area contributed by atoms with Crippen molar-refractivity contribution in [1.82, 2.24) is 4.98 Å². The van der Waals surface area contributed by atoms with E-state index in [4.69, 9.17) is 0 Å². The lowest BCUT2D eigenvalue weighted by molar-refractivity contribution is -0.113. The molecule has 0 saturated heterocycles. The van der Waals surface area contributed by atoms with Gasteiger partial charge in [-0.25, -0.2) is 0 Å². The van der Waals surface area contributed by atoms with Crippen LogP contribution in [-0.2, 0) is 11.2 Å². The van der Waals surface area contributed by atoms with E-state index < -0.39 is 0 Å². The number of H-pyrrole nitrogens is 1. The lowest BCUT2D eigenvalue weighted by Gasteiger charge is -2.12. The van der Waals surface area contributed by atoms with Crippen LogP contribution in [0.25, 0.3) is 22.6 Å². The molecule has 1 heterocycles. The molecule has 0 saturated carbocycles. The Bertz CT molecular complexity index is 840. The fourth-order valence-corrected chi connectivity index (χ4v) is 2.87. The number of para-hydroxylation sites is 1. The molecular formula is C18H13NO. The Morgan fingerprint density at radius 2 is 1.65 bits per heavy atom. The smallest absolute Gasteiger partial charge is 0.169 e. The number of fused-ring (bicyclic) bond motifs is 3. The minimum Gasteiger partial charge on any atom is -0.358 e. The van der Waals surface area contributed by atoms with Gasteiger partial charge >= 0.3 is 0 Å². The van der Waals surface area contributed by atoms with Crippen LogP contribution in [-0.4, -0.2) is 10.8 Å². The number of rotatable bonds is 1. The summed E-state index contributed by atoms with van der Waals surface area (Å²) < 4.78 is 0. The van der Waals surface area contributed by atoms with Gasteiger partial charge in [-0.2, -0.15) is 0 Å². The molecule has 0 amide bonds. The van der Waals surface area contributed by atoms with Crippen LogP contribution in [0, 0.1) is 0 Å². The van der Waals surface area contributed by atoms with Gasteiger partial charge in [-0.05, 0) is 17.7 Å². The highest BCUT2D eigenvalue weighted by molar-refractivity contribution is 6.28. The van der Waals surface area contributed by atoms with Crippen LogP contribution in [0.1, 0.15) is 16.8 Å². The van der Waals surface area contributed by atoms with Crippen molar-refractivity contribution in [2.75, 3.05) is 0 Å². The maximum absolute atomic E-state index is 12.3. The normalized spacial score (nSPS) is 14.2. The number of aromatic nitrogens is 1. The number of carbonyl (C=O) groups excluding carboxylic acids is 1. The summed E-state index contributed by atoms with van der Waals surface area (Å²) >= 11 is 0. The van der Waals surface area contributed by atoms with Crippen LogP contribution in [0.4, 0.5) is 0 Å². The van der Waals surface area contributed by atoms with Crippen molar-refractivity contribution in [2.45, 2.75) is 6.42 Å². The molecule has 4 rings (SSSR count). The summed E-state index contributed by atoms with van der Waals surface area (Å²) in [5.41, 5.74) is 5.07. The van der Waals surface area contributed by atoms with Crippen LogP contribution < -0.4 is 0 Å². The Labute approximate surface area is 116 Å². The van der Waals surface area contributed by atoms with Crippen molar-refractivity contribution in [3.63, 3.8) is 0 Å². The predicted molar refractivity (Wildman–Crippen MR) is 81.3 cm³/mol. The molecule has 1 aromatic heterocycles. The average Bonchev–Trinajstić information content (AvgIpc) is 2.84. The highest BCUT2D eigenvalue weighted by Crippen LogP contribution is 2.32.